The Morgan fingerprint density at radius 1 is 1.38 bits per heavy atom. The van der Waals surface area contributed by atoms with Gasteiger partial charge in [0.05, 0.1) is 6.10 Å². The Morgan fingerprint density at radius 2 is 2.00 bits per heavy atom. The van der Waals surface area contributed by atoms with E-state index in [0.29, 0.717) is 12.0 Å². The number of ether oxygens (including phenoxy) is 1. The fraction of sp³-hybridized carbons (Fsp3) is 0.688. The van der Waals surface area contributed by atoms with Crippen LogP contribution in [0.4, 0.5) is 0 Å². The molecule has 24 heavy (non-hydrogen) atoms. The molecule has 1 fully saturated rings. The van der Waals surface area contributed by atoms with E-state index in [4.69, 9.17) is 9.16 Å². The number of aromatic nitrogens is 2. The van der Waals surface area contributed by atoms with Crippen molar-refractivity contribution in [2.75, 3.05) is 0 Å². The molecule has 134 valence electrons. The number of hydrogen-bond acceptors (Lipinski definition) is 5. The molecule has 0 bridgehead atoms. The van der Waals surface area contributed by atoms with E-state index >= 15 is 0 Å². The van der Waals surface area contributed by atoms with Crippen molar-refractivity contribution in [2.24, 2.45) is 0 Å². The summed E-state index contributed by atoms with van der Waals surface area (Å²) in [5.41, 5.74) is -0.557. The van der Waals surface area contributed by atoms with E-state index in [9.17, 15) is 14.4 Å². The fourth-order valence-corrected chi connectivity index (χ4v) is 3.77. The van der Waals surface area contributed by atoms with Gasteiger partial charge in [-0.05, 0) is 25.1 Å². The number of nitrogens with one attached hydrogen (secondary N) is 1. The summed E-state index contributed by atoms with van der Waals surface area (Å²) < 4.78 is 13.3. The van der Waals surface area contributed by atoms with Gasteiger partial charge in [0.2, 0.25) is 0 Å². The number of carbonyl (C=O) groups is 1. The Hall–Kier alpha value is -1.51. The molecule has 1 aromatic rings. The number of aldehydes is 1. The molecule has 1 aliphatic rings. The highest BCUT2D eigenvalue weighted by Gasteiger charge is 2.45. The van der Waals surface area contributed by atoms with Crippen LogP contribution in [0.15, 0.2) is 15.8 Å². The van der Waals surface area contributed by atoms with Crippen LogP contribution < -0.4 is 11.2 Å². The Bertz CT molecular complexity index is 731. The normalized spacial score (nSPS) is 25.0. The van der Waals surface area contributed by atoms with Gasteiger partial charge in [-0.3, -0.25) is 14.3 Å². The van der Waals surface area contributed by atoms with E-state index in [1.807, 2.05) is 0 Å². The van der Waals surface area contributed by atoms with E-state index in [2.05, 4.69) is 38.8 Å². The second-order valence-corrected chi connectivity index (χ2v) is 12.6. The molecule has 1 aromatic heterocycles. The lowest BCUT2D eigenvalue weighted by molar-refractivity contribution is -0.122. The van der Waals surface area contributed by atoms with E-state index in [1.165, 1.54) is 10.8 Å². The molecule has 0 radical (unpaired) electrons. The topological polar surface area (TPSA) is 90.4 Å². The minimum Gasteiger partial charge on any atom is -0.411 e. The Balaban J connectivity index is 2.27. The van der Waals surface area contributed by atoms with Gasteiger partial charge < -0.3 is 14.0 Å². The molecule has 2 heterocycles. The first-order valence-electron chi connectivity index (χ1n) is 8.07. The fourth-order valence-electron chi connectivity index (χ4n) is 2.43. The number of aromatic amines is 1. The second kappa shape index (κ2) is 6.42. The van der Waals surface area contributed by atoms with Gasteiger partial charge in [0.1, 0.15) is 12.3 Å². The summed E-state index contributed by atoms with van der Waals surface area (Å²) in [5.74, 6) is 0. The molecular weight excluding hydrogens is 328 g/mol. The monoisotopic (exact) mass is 354 g/mol. The van der Waals surface area contributed by atoms with Crippen molar-refractivity contribution in [1.29, 1.82) is 0 Å². The van der Waals surface area contributed by atoms with Gasteiger partial charge in [0.15, 0.2) is 14.6 Å². The molecular formula is C16H26N2O5Si. The molecule has 7 nitrogen and oxygen atoms in total. The molecule has 3 unspecified atom stereocenters. The van der Waals surface area contributed by atoms with E-state index in [-0.39, 0.29) is 5.04 Å². The van der Waals surface area contributed by atoms with Crippen molar-refractivity contribution < 1.29 is 14.0 Å². The van der Waals surface area contributed by atoms with Crippen molar-refractivity contribution >= 4 is 14.6 Å². The molecule has 1 N–H and O–H groups in total. The van der Waals surface area contributed by atoms with Crippen LogP contribution in [0, 0.1) is 6.92 Å². The summed E-state index contributed by atoms with van der Waals surface area (Å²) in [5, 5.41) is 0.00390. The lowest BCUT2D eigenvalue weighted by Gasteiger charge is -2.38. The molecule has 2 rings (SSSR count). The molecule has 0 amide bonds. The van der Waals surface area contributed by atoms with Gasteiger partial charge >= 0.3 is 5.69 Å². The van der Waals surface area contributed by atoms with Crippen LogP contribution in [0.25, 0.3) is 0 Å². The van der Waals surface area contributed by atoms with E-state index < -0.39 is 38.0 Å². The largest absolute Gasteiger partial charge is 0.411 e. The zero-order valence-electron chi connectivity index (χ0n) is 15.1. The first kappa shape index (κ1) is 18.8. The molecule has 0 saturated carbocycles. The van der Waals surface area contributed by atoms with Crippen LogP contribution in [0.1, 0.15) is 39.0 Å². The molecule has 0 aromatic carbocycles. The minimum absolute atomic E-state index is 0.00390. The highest BCUT2D eigenvalue weighted by Crippen LogP contribution is 2.40. The molecule has 0 spiro atoms. The maximum Gasteiger partial charge on any atom is 0.330 e. The number of nitrogens with zero attached hydrogens (tertiary/aromatic N) is 1. The number of rotatable bonds is 4. The quantitative estimate of drug-likeness (QED) is 0.657. The van der Waals surface area contributed by atoms with Crippen LogP contribution in [-0.2, 0) is 14.0 Å². The van der Waals surface area contributed by atoms with Gasteiger partial charge in [-0.2, -0.15) is 0 Å². The number of aryl methyl sites for hydroxylation is 1. The Morgan fingerprint density at radius 3 is 2.54 bits per heavy atom. The van der Waals surface area contributed by atoms with Crippen LogP contribution >= 0.6 is 0 Å². The predicted octanol–water partition coefficient (Wildman–Crippen LogP) is 1.72. The highest BCUT2D eigenvalue weighted by molar-refractivity contribution is 6.74. The smallest absolute Gasteiger partial charge is 0.330 e. The predicted molar refractivity (Wildman–Crippen MR) is 92.7 cm³/mol. The maximum atomic E-state index is 12.0. The van der Waals surface area contributed by atoms with Gasteiger partial charge in [-0.15, -0.1) is 0 Å². The van der Waals surface area contributed by atoms with E-state index in [1.54, 1.807) is 6.92 Å². The average Bonchev–Trinajstić information content (AvgIpc) is 2.83. The molecule has 3 atom stereocenters. The number of hydrogen-bond donors (Lipinski definition) is 1. The van der Waals surface area contributed by atoms with Crippen LogP contribution in [0.5, 0.6) is 0 Å². The summed E-state index contributed by atoms with van der Waals surface area (Å²) in [6, 6.07) is 0. The molecule has 8 heteroatoms. The van der Waals surface area contributed by atoms with Crippen LogP contribution in [0.3, 0.4) is 0 Å². The van der Waals surface area contributed by atoms with Crippen LogP contribution in [0.2, 0.25) is 18.1 Å². The van der Waals surface area contributed by atoms with Crippen molar-refractivity contribution in [3.63, 3.8) is 0 Å². The van der Waals surface area contributed by atoms with Crippen molar-refractivity contribution in [2.45, 2.75) is 70.7 Å². The summed E-state index contributed by atoms with van der Waals surface area (Å²) in [7, 11) is -2.08. The lowest BCUT2D eigenvalue weighted by atomic mass is 10.2. The third kappa shape index (κ3) is 3.60. The van der Waals surface area contributed by atoms with E-state index in [0.717, 1.165) is 6.29 Å². The summed E-state index contributed by atoms with van der Waals surface area (Å²) in [6.07, 6.45) is 0.833. The summed E-state index contributed by atoms with van der Waals surface area (Å²) >= 11 is 0. The zero-order chi connectivity index (χ0) is 18.3. The third-order valence-corrected chi connectivity index (χ3v) is 9.46. The van der Waals surface area contributed by atoms with Gasteiger partial charge in [0.25, 0.3) is 5.56 Å². The first-order chi connectivity index (χ1) is 11.0. The number of H-pyrrole nitrogens is 1. The SMILES string of the molecule is Cc1cn(C2CC(O[Si](C)(C)C(C)(C)C)C(C=O)O2)c(=O)[nH]c1=O. The highest BCUT2D eigenvalue weighted by atomic mass is 28.4. The molecule has 0 aliphatic carbocycles. The molecule has 1 saturated heterocycles. The van der Waals surface area contributed by atoms with Gasteiger partial charge in [0, 0.05) is 18.2 Å². The van der Waals surface area contributed by atoms with Crippen molar-refractivity contribution in [3.05, 3.63) is 32.6 Å². The summed E-state index contributed by atoms with van der Waals surface area (Å²) in [4.78, 5) is 37.2. The lowest BCUT2D eigenvalue weighted by Crippen LogP contribution is -2.46. The molecule has 1 aliphatic heterocycles. The Labute approximate surface area is 142 Å². The van der Waals surface area contributed by atoms with Crippen molar-refractivity contribution in [1.82, 2.24) is 9.55 Å². The third-order valence-electron chi connectivity index (χ3n) is 4.96. The van der Waals surface area contributed by atoms with Crippen LogP contribution in [-0.4, -0.2) is 36.4 Å². The Kier molecular flexibility index (Phi) is 5.03. The number of carbonyl (C=O) groups excluding carboxylic acids is 1. The standard InChI is InChI=1S/C16H26N2O5Si/c1-10-8-18(15(21)17-14(10)20)13-7-11(12(9-19)22-13)23-24(5,6)16(2,3)4/h8-9,11-13H,7H2,1-6H3,(H,17,20,21). The van der Waals surface area contributed by atoms with Gasteiger partial charge in [-0.1, -0.05) is 20.8 Å². The first-order valence-corrected chi connectivity index (χ1v) is 11.0. The minimum atomic E-state index is -2.08. The van der Waals surface area contributed by atoms with Gasteiger partial charge in [-0.25, -0.2) is 4.79 Å². The zero-order valence-corrected chi connectivity index (χ0v) is 16.1. The average molecular weight is 354 g/mol. The van der Waals surface area contributed by atoms with Crippen molar-refractivity contribution in [3.8, 4) is 0 Å². The second-order valence-electron chi connectivity index (χ2n) is 7.82. The summed E-state index contributed by atoms with van der Waals surface area (Å²) in [6.45, 7) is 12.2. The maximum absolute atomic E-state index is 12.0.